The molecular formula is C20H22N2O3S. The Kier molecular flexibility index (Phi) is 4.98. The van der Waals surface area contributed by atoms with Crippen molar-refractivity contribution in [2.45, 2.75) is 32.1 Å². The first-order chi connectivity index (χ1) is 12.3. The molecule has 3 aromatic rings. The topological polar surface area (TPSA) is 79.0 Å². The molecule has 6 heteroatoms. The number of fused-ring (bicyclic) bond motifs is 1. The highest BCUT2D eigenvalue weighted by Gasteiger charge is 2.16. The molecule has 0 fully saturated rings. The molecular weight excluding hydrogens is 348 g/mol. The molecule has 0 aliphatic heterocycles. The van der Waals surface area contributed by atoms with Crippen LogP contribution < -0.4 is 10.3 Å². The van der Waals surface area contributed by atoms with E-state index in [1.165, 1.54) is 0 Å². The van der Waals surface area contributed by atoms with E-state index in [1.807, 2.05) is 32.0 Å². The van der Waals surface area contributed by atoms with Crippen molar-refractivity contribution in [2.24, 2.45) is 0 Å². The van der Waals surface area contributed by atoms with Crippen molar-refractivity contribution < 1.29 is 8.42 Å². The van der Waals surface area contributed by atoms with Crippen molar-refractivity contribution in [1.82, 2.24) is 9.71 Å². The van der Waals surface area contributed by atoms with Crippen molar-refractivity contribution in [3.05, 3.63) is 75.1 Å². The van der Waals surface area contributed by atoms with Crippen molar-refractivity contribution in [3.63, 3.8) is 0 Å². The maximum absolute atomic E-state index is 12.4. The summed E-state index contributed by atoms with van der Waals surface area (Å²) in [4.78, 5) is 15.5. The van der Waals surface area contributed by atoms with Crippen molar-refractivity contribution in [1.29, 1.82) is 0 Å². The highest BCUT2D eigenvalue weighted by molar-refractivity contribution is 7.89. The van der Waals surface area contributed by atoms with Gasteiger partial charge in [0.05, 0.1) is 10.4 Å². The number of hydrogen-bond acceptors (Lipinski definition) is 3. The molecule has 1 heterocycles. The van der Waals surface area contributed by atoms with E-state index in [0.717, 1.165) is 22.0 Å². The molecule has 5 nitrogen and oxygen atoms in total. The standard InChI is InChI=1S/C20H22N2O3S/c1-13-10-15(3)19-17(11-13)12-16(20(23)22-19)8-9-21-26(24,25)18-7-5-4-6-14(18)2/h4-7,10-12,21H,8-9H2,1-3H3,(H,22,23). The van der Waals surface area contributed by atoms with Gasteiger partial charge in [-0.2, -0.15) is 0 Å². The molecule has 0 saturated carbocycles. The van der Waals surface area contributed by atoms with Gasteiger partial charge >= 0.3 is 0 Å². The van der Waals surface area contributed by atoms with Crippen LogP contribution in [0.2, 0.25) is 0 Å². The van der Waals surface area contributed by atoms with Crippen LogP contribution in [-0.4, -0.2) is 19.9 Å². The minimum atomic E-state index is -3.59. The maximum atomic E-state index is 12.4. The van der Waals surface area contributed by atoms with Gasteiger partial charge in [-0.1, -0.05) is 29.8 Å². The molecule has 0 aliphatic carbocycles. The monoisotopic (exact) mass is 370 g/mol. The number of benzene rings is 2. The first-order valence-corrected chi connectivity index (χ1v) is 9.95. The molecule has 2 aromatic carbocycles. The Morgan fingerprint density at radius 2 is 1.73 bits per heavy atom. The number of hydrogen-bond donors (Lipinski definition) is 2. The second-order valence-corrected chi connectivity index (χ2v) is 8.32. The zero-order valence-corrected chi connectivity index (χ0v) is 15.9. The Hall–Kier alpha value is -2.44. The van der Waals surface area contributed by atoms with Crippen LogP contribution in [0, 0.1) is 20.8 Å². The van der Waals surface area contributed by atoms with Crippen LogP contribution >= 0.6 is 0 Å². The molecule has 0 aliphatic rings. The van der Waals surface area contributed by atoms with Crippen molar-refractivity contribution >= 4 is 20.9 Å². The van der Waals surface area contributed by atoms with Gasteiger partial charge in [0, 0.05) is 12.1 Å². The Bertz CT molecular complexity index is 1130. The maximum Gasteiger partial charge on any atom is 0.251 e. The summed E-state index contributed by atoms with van der Waals surface area (Å²) in [6.07, 6.45) is 0.323. The largest absolute Gasteiger partial charge is 0.321 e. The van der Waals surface area contributed by atoms with Gasteiger partial charge in [0.25, 0.3) is 5.56 Å². The van der Waals surface area contributed by atoms with Gasteiger partial charge in [-0.3, -0.25) is 4.79 Å². The summed E-state index contributed by atoms with van der Waals surface area (Å²) in [6.45, 7) is 5.89. The molecule has 0 amide bonds. The van der Waals surface area contributed by atoms with Gasteiger partial charge in [-0.05, 0) is 61.9 Å². The van der Waals surface area contributed by atoms with E-state index in [0.29, 0.717) is 17.5 Å². The SMILES string of the molecule is Cc1cc(C)c2[nH]c(=O)c(CCNS(=O)(=O)c3ccccc3C)cc2c1. The van der Waals surface area contributed by atoms with Crippen LogP contribution in [0.3, 0.4) is 0 Å². The van der Waals surface area contributed by atoms with Crippen molar-refractivity contribution in [2.75, 3.05) is 6.54 Å². The zero-order chi connectivity index (χ0) is 18.9. The van der Waals surface area contributed by atoms with Crippen LogP contribution in [0.5, 0.6) is 0 Å². The lowest BCUT2D eigenvalue weighted by Gasteiger charge is -2.10. The van der Waals surface area contributed by atoms with Gasteiger partial charge in [0.15, 0.2) is 0 Å². The molecule has 0 radical (unpaired) electrons. The second-order valence-electron chi connectivity index (χ2n) is 6.58. The number of nitrogens with one attached hydrogen (secondary N) is 2. The molecule has 0 saturated heterocycles. The molecule has 0 unspecified atom stereocenters. The Labute approximate surface area is 153 Å². The fourth-order valence-corrected chi connectivity index (χ4v) is 4.45. The third-order valence-corrected chi connectivity index (χ3v) is 6.06. The average molecular weight is 370 g/mol. The van der Waals surface area contributed by atoms with Crippen LogP contribution in [0.25, 0.3) is 10.9 Å². The number of sulfonamides is 1. The molecule has 1 aromatic heterocycles. The predicted molar refractivity (Wildman–Crippen MR) is 104 cm³/mol. The third-order valence-electron chi connectivity index (χ3n) is 4.44. The molecule has 0 bridgehead atoms. The van der Waals surface area contributed by atoms with E-state index in [1.54, 1.807) is 31.2 Å². The average Bonchev–Trinajstić information content (AvgIpc) is 2.56. The molecule has 2 N–H and O–H groups in total. The van der Waals surface area contributed by atoms with Crippen LogP contribution in [0.1, 0.15) is 22.3 Å². The Balaban J connectivity index is 1.81. The van der Waals surface area contributed by atoms with Gasteiger partial charge < -0.3 is 4.98 Å². The first-order valence-electron chi connectivity index (χ1n) is 8.46. The molecule has 136 valence electrons. The van der Waals surface area contributed by atoms with E-state index in [4.69, 9.17) is 0 Å². The van der Waals surface area contributed by atoms with E-state index in [9.17, 15) is 13.2 Å². The summed E-state index contributed by atoms with van der Waals surface area (Å²) in [6, 6.07) is 12.7. The number of pyridine rings is 1. The van der Waals surface area contributed by atoms with Gasteiger partial charge in [-0.15, -0.1) is 0 Å². The highest BCUT2D eigenvalue weighted by atomic mass is 32.2. The number of rotatable bonds is 5. The minimum absolute atomic E-state index is 0.163. The van der Waals surface area contributed by atoms with Crippen LogP contribution in [-0.2, 0) is 16.4 Å². The van der Waals surface area contributed by atoms with E-state index >= 15 is 0 Å². The zero-order valence-electron chi connectivity index (χ0n) is 15.1. The van der Waals surface area contributed by atoms with Gasteiger partial charge in [0.1, 0.15) is 0 Å². The number of H-pyrrole nitrogens is 1. The van der Waals surface area contributed by atoms with E-state index in [-0.39, 0.29) is 17.0 Å². The first kappa shape index (κ1) is 18.4. The number of aromatic nitrogens is 1. The van der Waals surface area contributed by atoms with E-state index in [2.05, 4.69) is 9.71 Å². The fourth-order valence-electron chi connectivity index (χ4n) is 3.17. The molecule has 26 heavy (non-hydrogen) atoms. The second kappa shape index (κ2) is 7.05. The molecule has 3 rings (SSSR count). The summed E-state index contributed by atoms with van der Waals surface area (Å²) in [5.41, 5.74) is 4.03. The molecule has 0 atom stereocenters. The molecule has 0 spiro atoms. The summed E-state index contributed by atoms with van der Waals surface area (Å²) < 4.78 is 27.4. The number of aryl methyl sites for hydroxylation is 3. The summed E-state index contributed by atoms with van der Waals surface area (Å²) in [5.74, 6) is 0. The Morgan fingerprint density at radius 1 is 1.00 bits per heavy atom. The van der Waals surface area contributed by atoms with Gasteiger partial charge in [-0.25, -0.2) is 13.1 Å². The summed E-state index contributed by atoms with van der Waals surface area (Å²) >= 11 is 0. The lowest BCUT2D eigenvalue weighted by atomic mass is 10.0. The minimum Gasteiger partial charge on any atom is -0.321 e. The third kappa shape index (κ3) is 3.71. The van der Waals surface area contributed by atoms with Crippen molar-refractivity contribution in [3.8, 4) is 0 Å². The normalized spacial score (nSPS) is 11.8. The summed E-state index contributed by atoms with van der Waals surface area (Å²) in [7, 11) is -3.59. The van der Waals surface area contributed by atoms with Gasteiger partial charge in [0.2, 0.25) is 10.0 Å². The summed E-state index contributed by atoms with van der Waals surface area (Å²) in [5, 5.41) is 0.957. The van der Waals surface area contributed by atoms with E-state index < -0.39 is 10.0 Å². The van der Waals surface area contributed by atoms with Crippen LogP contribution in [0.15, 0.2) is 52.2 Å². The predicted octanol–water partition coefficient (Wildman–Crippen LogP) is 2.97. The lowest BCUT2D eigenvalue weighted by molar-refractivity contribution is 0.581. The fraction of sp³-hybridized carbons (Fsp3) is 0.250. The highest BCUT2D eigenvalue weighted by Crippen LogP contribution is 2.18. The Morgan fingerprint density at radius 3 is 2.46 bits per heavy atom. The van der Waals surface area contributed by atoms with Crippen LogP contribution in [0.4, 0.5) is 0 Å². The lowest BCUT2D eigenvalue weighted by Crippen LogP contribution is -2.28. The quantitative estimate of drug-likeness (QED) is 0.725. The number of aromatic amines is 1. The smallest absolute Gasteiger partial charge is 0.251 e.